The van der Waals surface area contributed by atoms with E-state index < -0.39 is 0 Å². The Balaban J connectivity index is 2.18. The van der Waals surface area contributed by atoms with Gasteiger partial charge in [0.05, 0.1) is 0 Å². The number of ether oxygens (including phenoxy) is 1. The maximum absolute atomic E-state index is 5.77. The summed E-state index contributed by atoms with van der Waals surface area (Å²) < 4.78 is 6.64. The summed E-state index contributed by atoms with van der Waals surface area (Å²) in [5.74, 6) is 1.54. The van der Waals surface area contributed by atoms with E-state index in [1.807, 2.05) is 24.3 Å². The molecule has 0 bridgehead atoms. The topological polar surface area (TPSA) is 21.3 Å². The molecule has 1 unspecified atom stereocenters. The molecule has 1 N–H and O–H groups in total. The molecule has 0 amide bonds. The number of nitrogens with one attached hydrogen (secondary N) is 1. The van der Waals surface area contributed by atoms with Crippen LogP contribution in [0, 0.1) is 0 Å². The van der Waals surface area contributed by atoms with Gasteiger partial charge < -0.3 is 10.1 Å². The van der Waals surface area contributed by atoms with Crippen LogP contribution in [0.1, 0.15) is 13.3 Å². The molecule has 0 aliphatic carbocycles. The smallest absolute Gasteiger partial charge is 0.119 e. The summed E-state index contributed by atoms with van der Waals surface area (Å²) >= 11 is 9.15. The summed E-state index contributed by atoms with van der Waals surface area (Å²) in [4.78, 5) is 0. The lowest BCUT2D eigenvalue weighted by Crippen LogP contribution is -2.33. The van der Waals surface area contributed by atoms with Crippen molar-refractivity contribution in [1.82, 2.24) is 5.32 Å². The van der Waals surface area contributed by atoms with Gasteiger partial charge in [0.25, 0.3) is 0 Å². The highest BCUT2D eigenvalue weighted by Crippen LogP contribution is 2.15. The molecule has 1 atom stereocenters. The van der Waals surface area contributed by atoms with E-state index in [1.54, 1.807) is 0 Å². The number of alkyl halides is 1. The lowest BCUT2D eigenvalue weighted by atomic mass is 10.2. The number of benzene rings is 1. The number of rotatable bonds is 7. The highest BCUT2D eigenvalue weighted by Gasteiger charge is 2.02. The van der Waals surface area contributed by atoms with Crippen LogP contribution < -0.4 is 10.1 Å². The van der Waals surface area contributed by atoms with E-state index in [2.05, 4.69) is 28.2 Å². The number of hydrogen-bond donors (Lipinski definition) is 1. The standard InChI is InChI=1S/C12H17BrClNO/c1-2-11(9-14)15-7-8-16-12-5-3-10(13)4-6-12/h3-6,11,15H,2,7-9H2,1H3. The fraction of sp³-hybridized carbons (Fsp3) is 0.500. The molecular formula is C12H17BrClNO. The van der Waals surface area contributed by atoms with Gasteiger partial charge in [-0.25, -0.2) is 0 Å². The maximum atomic E-state index is 5.77. The Morgan fingerprint density at radius 1 is 1.38 bits per heavy atom. The van der Waals surface area contributed by atoms with Crippen LogP contribution in [0.3, 0.4) is 0 Å². The van der Waals surface area contributed by atoms with Gasteiger partial charge in [-0.15, -0.1) is 11.6 Å². The second-order valence-electron chi connectivity index (χ2n) is 3.52. The predicted molar refractivity (Wildman–Crippen MR) is 72.4 cm³/mol. The summed E-state index contributed by atoms with van der Waals surface area (Å²) in [7, 11) is 0. The molecule has 0 heterocycles. The quantitative estimate of drug-likeness (QED) is 0.615. The highest BCUT2D eigenvalue weighted by molar-refractivity contribution is 9.10. The van der Waals surface area contributed by atoms with Gasteiger partial charge in [0.15, 0.2) is 0 Å². The number of hydrogen-bond acceptors (Lipinski definition) is 2. The van der Waals surface area contributed by atoms with Crippen molar-refractivity contribution in [1.29, 1.82) is 0 Å². The van der Waals surface area contributed by atoms with Crippen molar-refractivity contribution < 1.29 is 4.74 Å². The van der Waals surface area contributed by atoms with E-state index in [0.717, 1.165) is 23.2 Å². The Hall–Kier alpha value is -0.250. The predicted octanol–water partition coefficient (Wildman–Crippen LogP) is 3.43. The SMILES string of the molecule is CCC(CCl)NCCOc1ccc(Br)cc1. The molecule has 0 aliphatic heterocycles. The van der Waals surface area contributed by atoms with Crippen LogP contribution in [0.25, 0.3) is 0 Å². The van der Waals surface area contributed by atoms with E-state index >= 15 is 0 Å². The van der Waals surface area contributed by atoms with Gasteiger partial charge in [-0.1, -0.05) is 22.9 Å². The minimum atomic E-state index is 0.384. The van der Waals surface area contributed by atoms with Crippen molar-refractivity contribution in [3.63, 3.8) is 0 Å². The number of halogens is 2. The zero-order chi connectivity index (χ0) is 11.8. The largest absolute Gasteiger partial charge is 0.492 e. The molecule has 4 heteroatoms. The van der Waals surface area contributed by atoms with Crippen molar-refractivity contribution >= 4 is 27.5 Å². The molecule has 90 valence electrons. The molecule has 0 saturated carbocycles. The highest BCUT2D eigenvalue weighted by atomic mass is 79.9. The van der Waals surface area contributed by atoms with E-state index in [-0.39, 0.29) is 0 Å². The molecule has 1 aromatic rings. The van der Waals surface area contributed by atoms with Gasteiger partial charge in [0.2, 0.25) is 0 Å². The Morgan fingerprint density at radius 3 is 2.62 bits per heavy atom. The van der Waals surface area contributed by atoms with Gasteiger partial charge in [-0.3, -0.25) is 0 Å². The first kappa shape index (κ1) is 13.8. The summed E-state index contributed by atoms with van der Waals surface area (Å²) in [6, 6.07) is 8.22. The fourth-order valence-corrected chi connectivity index (χ4v) is 1.86. The lowest BCUT2D eigenvalue weighted by Gasteiger charge is -2.13. The summed E-state index contributed by atoms with van der Waals surface area (Å²) in [6.45, 7) is 3.60. The Labute approximate surface area is 110 Å². The van der Waals surface area contributed by atoms with Gasteiger partial charge in [-0.2, -0.15) is 0 Å². The molecule has 16 heavy (non-hydrogen) atoms. The molecule has 1 aromatic carbocycles. The first-order chi connectivity index (χ1) is 7.76. The van der Waals surface area contributed by atoms with Crippen molar-refractivity contribution in [2.24, 2.45) is 0 Å². The Bertz CT molecular complexity index is 288. The van der Waals surface area contributed by atoms with Crippen molar-refractivity contribution in [2.75, 3.05) is 19.0 Å². The third-order valence-electron chi connectivity index (χ3n) is 2.30. The monoisotopic (exact) mass is 305 g/mol. The normalized spacial score (nSPS) is 12.4. The van der Waals surface area contributed by atoms with E-state index in [9.17, 15) is 0 Å². The zero-order valence-electron chi connectivity index (χ0n) is 9.38. The lowest BCUT2D eigenvalue weighted by molar-refractivity contribution is 0.306. The molecular weight excluding hydrogens is 289 g/mol. The van der Waals surface area contributed by atoms with Crippen molar-refractivity contribution in [3.8, 4) is 5.75 Å². The average molecular weight is 307 g/mol. The van der Waals surface area contributed by atoms with Crippen molar-refractivity contribution in [3.05, 3.63) is 28.7 Å². The van der Waals surface area contributed by atoms with Gasteiger partial charge >= 0.3 is 0 Å². The van der Waals surface area contributed by atoms with Gasteiger partial charge in [-0.05, 0) is 30.7 Å². The first-order valence-electron chi connectivity index (χ1n) is 5.44. The van der Waals surface area contributed by atoms with Crippen LogP contribution in [0.2, 0.25) is 0 Å². The molecule has 0 spiro atoms. The van der Waals surface area contributed by atoms with Crippen LogP contribution >= 0.6 is 27.5 Å². The van der Waals surface area contributed by atoms with Gasteiger partial charge in [0.1, 0.15) is 12.4 Å². The van der Waals surface area contributed by atoms with Crippen molar-refractivity contribution in [2.45, 2.75) is 19.4 Å². The van der Waals surface area contributed by atoms with Crippen LogP contribution in [-0.2, 0) is 0 Å². The van der Waals surface area contributed by atoms with E-state index in [1.165, 1.54) is 0 Å². The van der Waals surface area contributed by atoms with Crippen LogP contribution in [0.4, 0.5) is 0 Å². The third kappa shape index (κ3) is 5.19. The molecule has 0 fully saturated rings. The van der Waals surface area contributed by atoms with Gasteiger partial charge in [0, 0.05) is 22.9 Å². The maximum Gasteiger partial charge on any atom is 0.119 e. The molecule has 1 rings (SSSR count). The van der Waals surface area contributed by atoms with Crippen LogP contribution in [0.15, 0.2) is 28.7 Å². The molecule has 0 saturated heterocycles. The summed E-state index contributed by atoms with van der Waals surface area (Å²) in [5.41, 5.74) is 0. The molecule has 2 nitrogen and oxygen atoms in total. The molecule has 0 aromatic heterocycles. The van der Waals surface area contributed by atoms with E-state index in [0.29, 0.717) is 18.5 Å². The van der Waals surface area contributed by atoms with Crippen LogP contribution in [-0.4, -0.2) is 25.1 Å². The Morgan fingerprint density at radius 2 is 2.06 bits per heavy atom. The first-order valence-corrected chi connectivity index (χ1v) is 6.76. The minimum Gasteiger partial charge on any atom is -0.492 e. The van der Waals surface area contributed by atoms with E-state index in [4.69, 9.17) is 16.3 Å². The fourth-order valence-electron chi connectivity index (χ4n) is 1.27. The summed E-state index contributed by atoms with van der Waals surface area (Å²) in [5, 5.41) is 3.33. The van der Waals surface area contributed by atoms with Crippen LogP contribution in [0.5, 0.6) is 5.75 Å². The second kappa shape index (κ2) is 7.93. The zero-order valence-corrected chi connectivity index (χ0v) is 11.7. The second-order valence-corrected chi connectivity index (χ2v) is 4.74. The summed E-state index contributed by atoms with van der Waals surface area (Å²) in [6.07, 6.45) is 1.04. The minimum absolute atomic E-state index is 0.384. The molecule has 0 radical (unpaired) electrons. The third-order valence-corrected chi connectivity index (χ3v) is 3.20. The Kier molecular flexibility index (Phi) is 6.85. The molecule has 0 aliphatic rings. The average Bonchev–Trinajstić information content (AvgIpc) is 2.32.